The van der Waals surface area contributed by atoms with Crippen LogP contribution in [0.15, 0.2) is 64.4 Å². The van der Waals surface area contributed by atoms with Gasteiger partial charge in [0, 0.05) is 15.7 Å². The number of alkyl halides is 1. The molecule has 0 N–H and O–H groups in total. The van der Waals surface area contributed by atoms with Gasteiger partial charge in [-0.2, -0.15) is 0 Å². The Bertz CT molecular complexity index is 426. The fourth-order valence-electron chi connectivity index (χ4n) is 1.33. The molecule has 0 radical (unpaired) electrons. The molecule has 0 saturated heterocycles. The molecule has 0 aliphatic rings. The van der Waals surface area contributed by atoms with Crippen LogP contribution in [0.2, 0.25) is 0 Å². The summed E-state index contributed by atoms with van der Waals surface area (Å²) >= 11 is 7.64. The average molecular weight is 235 g/mol. The molecule has 2 heteroatoms. The van der Waals surface area contributed by atoms with Crippen LogP contribution >= 0.6 is 23.4 Å². The Kier molecular flexibility index (Phi) is 3.70. The fourth-order valence-corrected chi connectivity index (χ4v) is 2.61. The first kappa shape index (κ1) is 10.6. The van der Waals surface area contributed by atoms with E-state index in [0.29, 0.717) is 5.88 Å². The molecule has 0 bridgehead atoms. The average Bonchev–Trinajstić information content (AvgIpc) is 2.31. The van der Waals surface area contributed by atoms with E-state index in [1.807, 2.05) is 30.3 Å². The van der Waals surface area contributed by atoms with Crippen molar-refractivity contribution in [1.29, 1.82) is 0 Å². The van der Waals surface area contributed by atoms with Gasteiger partial charge in [0.15, 0.2) is 0 Å². The van der Waals surface area contributed by atoms with Crippen LogP contribution in [0, 0.1) is 0 Å². The Labute approximate surface area is 99.3 Å². The van der Waals surface area contributed by atoms with E-state index in [4.69, 9.17) is 11.6 Å². The third kappa shape index (κ3) is 2.77. The van der Waals surface area contributed by atoms with Crippen LogP contribution in [-0.2, 0) is 5.88 Å². The molecule has 0 heterocycles. The monoisotopic (exact) mass is 234 g/mol. The predicted octanol–water partition coefficient (Wildman–Crippen LogP) is 4.58. The van der Waals surface area contributed by atoms with Crippen molar-refractivity contribution < 1.29 is 0 Å². The second kappa shape index (κ2) is 5.24. The molecule has 2 aromatic rings. The second-order valence-corrected chi connectivity index (χ2v) is 4.54. The molecule has 0 nitrogen and oxygen atoms in total. The number of hydrogen-bond donors (Lipinski definition) is 0. The lowest BCUT2D eigenvalue weighted by molar-refractivity contribution is 1.25. The van der Waals surface area contributed by atoms with Crippen LogP contribution in [0.5, 0.6) is 0 Å². The largest absolute Gasteiger partial charge is 0.122 e. The molecular weight excluding hydrogens is 224 g/mol. The van der Waals surface area contributed by atoms with Crippen molar-refractivity contribution in [3.63, 3.8) is 0 Å². The lowest BCUT2D eigenvalue weighted by atomic mass is 10.2. The Morgan fingerprint density at radius 3 is 2.27 bits per heavy atom. The minimum atomic E-state index is 0.565. The highest BCUT2D eigenvalue weighted by atomic mass is 35.5. The van der Waals surface area contributed by atoms with Crippen molar-refractivity contribution in [2.24, 2.45) is 0 Å². The molecule has 15 heavy (non-hydrogen) atoms. The molecule has 0 atom stereocenters. The Hall–Kier alpha value is -0.920. The van der Waals surface area contributed by atoms with Crippen molar-refractivity contribution in [3.05, 3.63) is 60.2 Å². The molecule has 0 spiro atoms. The molecule has 0 aliphatic heterocycles. The number of rotatable bonds is 3. The summed E-state index contributed by atoms with van der Waals surface area (Å²) in [6.45, 7) is 0. The van der Waals surface area contributed by atoms with Gasteiger partial charge in [-0.15, -0.1) is 11.6 Å². The minimum Gasteiger partial charge on any atom is -0.122 e. The number of benzene rings is 2. The summed E-state index contributed by atoms with van der Waals surface area (Å²) in [7, 11) is 0. The highest BCUT2D eigenvalue weighted by Crippen LogP contribution is 2.30. The second-order valence-electron chi connectivity index (χ2n) is 3.16. The van der Waals surface area contributed by atoms with Crippen LogP contribution in [0.1, 0.15) is 5.56 Å². The molecule has 0 unspecified atom stereocenters. The van der Waals surface area contributed by atoms with E-state index in [2.05, 4.69) is 24.3 Å². The zero-order chi connectivity index (χ0) is 10.5. The van der Waals surface area contributed by atoms with Crippen molar-refractivity contribution in [1.82, 2.24) is 0 Å². The van der Waals surface area contributed by atoms with Gasteiger partial charge in [-0.1, -0.05) is 48.2 Å². The van der Waals surface area contributed by atoms with Gasteiger partial charge in [0.1, 0.15) is 0 Å². The molecule has 2 aromatic carbocycles. The molecular formula is C13H11ClS. The summed E-state index contributed by atoms with van der Waals surface area (Å²) in [5, 5.41) is 0. The normalized spacial score (nSPS) is 10.2. The highest BCUT2D eigenvalue weighted by molar-refractivity contribution is 7.99. The lowest BCUT2D eigenvalue weighted by Crippen LogP contribution is -1.82. The van der Waals surface area contributed by atoms with Gasteiger partial charge in [-0.05, 0) is 23.8 Å². The van der Waals surface area contributed by atoms with Crippen molar-refractivity contribution in [2.45, 2.75) is 15.7 Å². The fraction of sp³-hybridized carbons (Fsp3) is 0.0769. The maximum absolute atomic E-state index is 5.88. The van der Waals surface area contributed by atoms with Crippen LogP contribution in [-0.4, -0.2) is 0 Å². The summed E-state index contributed by atoms with van der Waals surface area (Å²) in [6, 6.07) is 18.6. The smallest absolute Gasteiger partial charge is 0.0485 e. The summed E-state index contributed by atoms with van der Waals surface area (Å²) < 4.78 is 0. The Morgan fingerprint density at radius 1 is 0.867 bits per heavy atom. The van der Waals surface area contributed by atoms with Crippen LogP contribution < -0.4 is 0 Å². The first-order valence-corrected chi connectivity index (χ1v) is 6.12. The molecule has 0 amide bonds. The third-order valence-corrected chi connectivity index (χ3v) is 3.50. The molecule has 0 fully saturated rings. The van der Waals surface area contributed by atoms with Gasteiger partial charge >= 0.3 is 0 Å². The first-order chi connectivity index (χ1) is 7.40. The maximum Gasteiger partial charge on any atom is 0.0485 e. The van der Waals surface area contributed by atoms with E-state index in [9.17, 15) is 0 Å². The van der Waals surface area contributed by atoms with E-state index >= 15 is 0 Å². The van der Waals surface area contributed by atoms with Gasteiger partial charge in [0.05, 0.1) is 0 Å². The van der Waals surface area contributed by atoms with Gasteiger partial charge < -0.3 is 0 Å². The predicted molar refractivity (Wildman–Crippen MR) is 66.6 cm³/mol. The Balaban J connectivity index is 2.24. The summed E-state index contributed by atoms with van der Waals surface area (Å²) in [5.41, 5.74) is 1.19. The molecule has 2 rings (SSSR count). The highest BCUT2D eigenvalue weighted by Gasteiger charge is 2.01. The summed E-state index contributed by atoms with van der Waals surface area (Å²) in [4.78, 5) is 2.48. The van der Waals surface area contributed by atoms with Crippen molar-refractivity contribution >= 4 is 23.4 Å². The summed E-state index contributed by atoms with van der Waals surface area (Å²) in [5.74, 6) is 0.565. The van der Waals surface area contributed by atoms with Gasteiger partial charge in [-0.25, -0.2) is 0 Å². The molecule has 76 valence electrons. The van der Waals surface area contributed by atoms with Crippen LogP contribution in [0.4, 0.5) is 0 Å². The number of hydrogen-bond acceptors (Lipinski definition) is 1. The minimum absolute atomic E-state index is 0.565. The molecule has 0 aromatic heterocycles. The topological polar surface area (TPSA) is 0 Å². The van der Waals surface area contributed by atoms with E-state index < -0.39 is 0 Å². The SMILES string of the molecule is ClCc1ccccc1Sc1ccccc1. The van der Waals surface area contributed by atoms with E-state index in [1.54, 1.807) is 11.8 Å². The number of halogens is 1. The summed E-state index contributed by atoms with van der Waals surface area (Å²) in [6.07, 6.45) is 0. The molecule has 0 saturated carbocycles. The quantitative estimate of drug-likeness (QED) is 0.701. The van der Waals surface area contributed by atoms with Crippen molar-refractivity contribution in [2.75, 3.05) is 0 Å². The molecule has 0 aliphatic carbocycles. The maximum atomic E-state index is 5.88. The Morgan fingerprint density at radius 2 is 1.53 bits per heavy atom. The van der Waals surface area contributed by atoms with Gasteiger partial charge in [0.2, 0.25) is 0 Å². The van der Waals surface area contributed by atoms with E-state index in [-0.39, 0.29) is 0 Å². The lowest BCUT2D eigenvalue weighted by Gasteiger charge is -2.05. The standard InChI is InChI=1S/C13H11ClS/c14-10-11-6-4-5-9-13(11)15-12-7-2-1-3-8-12/h1-9H,10H2. The third-order valence-electron chi connectivity index (χ3n) is 2.09. The van der Waals surface area contributed by atoms with Crippen LogP contribution in [0.25, 0.3) is 0 Å². The van der Waals surface area contributed by atoms with E-state index in [1.165, 1.54) is 15.4 Å². The zero-order valence-electron chi connectivity index (χ0n) is 8.19. The van der Waals surface area contributed by atoms with Crippen LogP contribution in [0.3, 0.4) is 0 Å². The first-order valence-electron chi connectivity index (χ1n) is 4.77. The van der Waals surface area contributed by atoms with E-state index in [0.717, 1.165) is 0 Å². The van der Waals surface area contributed by atoms with Gasteiger partial charge in [-0.3, -0.25) is 0 Å². The van der Waals surface area contributed by atoms with Gasteiger partial charge in [0.25, 0.3) is 0 Å². The zero-order valence-corrected chi connectivity index (χ0v) is 9.76. The van der Waals surface area contributed by atoms with Crippen molar-refractivity contribution in [3.8, 4) is 0 Å².